The third kappa shape index (κ3) is 6.72. The number of carbonyl (C=O) groups is 2. The number of methoxy groups -OCH3 is 1. The van der Waals surface area contributed by atoms with Gasteiger partial charge in [0.1, 0.15) is 17.7 Å². The Hall–Kier alpha value is -3.66. The summed E-state index contributed by atoms with van der Waals surface area (Å²) >= 11 is 0. The van der Waals surface area contributed by atoms with Crippen LogP contribution in [-0.2, 0) is 20.9 Å². The monoisotopic (exact) mass is 500 g/mol. The molecule has 1 fully saturated rings. The van der Waals surface area contributed by atoms with Crippen LogP contribution in [0, 0.1) is 11.2 Å². The molecule has 1 saturated heterocycles. The molecule has 2 aromatic rings. The molecule has 9 nitrogen and oxygen atoms in total. The first-order valence-electron chi connectivity index (χ1n) is 11.9. The van der Waals surface area contributed by atoms with Crippen molar-refractivity contribution < 1.29 is 28.2 Å². The standard InChI is InChI=1S/C26H33FN4O5/c1-4-35-20-13-21(23(27)22(14-20)36-19-9-11-31(12-10-19)16(2)32)24(34-3)26(33)30-15-17-5-7-18(8-6-17)25(28)29/h5-8,13-14,19,24H,4,9-12,15H2,1-3H3,(H3,28,29)(H,30,33). The summed E-state index contributed by atoms with van der Waals surface area (Å²) in [5.74, 6) is -0.922. The fraction of sp³-hybridized carbons (Fsp3) is 0.423. The normalized spacial score (nSPS) is 14.7. The van der Waals surface area contributed by atoms with Crippen molar-refractivity contribution in [3.05, 3.63) is 58.9 Å². The van der Waals surface area contributed by atoms with E-state index in [0.717, 1.165) is 5.56 Å². The van der Waals surface area contributed by atoms with Crippen LogP contribution in [0.2, 0.25) is 0 Å². The van der Waals surface area contributed by atoms with Crippen LogP contribution in [0.25, 0.3) is 0 Å². The molecular formula is C26H33FN4O5. The number of nitrogens with one attached hydrogen (secondary N) is 2. The lowest BCUT2D eigenvalue weighted by molar-refractivity contribution is -0.132. The minimum absolute atomic E-state index is 0.00371. The zero-order chi connectivity index (χ0) is 26.2. The maximum atomic E-state index is 15.6. The molecule has 1 unspecified atom stereocenters. The average Bonchev–Trinajstić information content (AvgIpc) is 2.86. The van der Waals surface area contributed by atoms with Gasteiger partial charge >= 0.3 is 0 Å². The fourth-order valence-corrected chi connectivity index (χ4v) is 4.05. The number of halogens is 1. The Morgan fingerprint density at radius 2 is 1.89 bits per heavy atom. The molecular weight excluding hydrogens is 467 g/mol. The number of hydrogen-bond donors (Lipinski definition) is 3. The fourth-order valence-electron chi connectivity index (χ4n) is 4.05. The molecule has 10 heteroatoms. The largest absolute Gasteiger partial charge is 0.494 e. The zero-order valence-corrected chi connectivity index (χ0v) is 20.8. The van der Waals surface area contributed by atoms with E-state index in [1.807, 2.05) is 0 Å². The topological polar surface area (TPSA) is 127 Å². The van der Waals surface area contributed by atoms with E-state index in [2.05, 4.69) is 5.32 Å². The number of amides is 2. The van der Waals surface area contributed by atoms with Crippen LogP contribution in [-0.4, -0.2) is 55.5 Å². The Balaban J connectivity index is 1.76. The first kappa shape index (κ1) is 26.9. The van der Waals surface area contributed by atoms with E-state index in [1.54, 1.807) is 36.1 Å². The van der Waals surface area contributed by atoms with Crippen LogP contribution in [0.4, 0.5) is 4.39 Å². The number of piperidine rings is 1. The number of nitrogen functional groups attached to an aromatic ring is 1. The van der Waals surface area contributed by atoms with Crippen LogP contribution >= 0.6 is 0 Å². The summed E-state index contributed by atoms with van der Waals surface area (Å²) in [4.78, 5) is 26.3. The molecule has 0 spiro atoms. The lowest BCUT2D eigenvalue weighted by atomic mass is 10.0. The zero-order valence-electron chi connectivity index (χ0n) is 20.8. The molecule has 0 saturated carbocycles. The third-order valence-corrected chi connectivity index (χ3v) is 6.02. The highest BCUT2D eigenvalue weighted by atomic mass is 19.1. The molecule has 4 N–H and O–H groups in total. The highest BCUT2D eigenvalue weighted by molar-refractivity contribution is 5.94. The van der Waals surface area contributed by atoms with Gasteiger partial charge in [-0.15, -0.1) is 0 Å². The lowest BCUT2D eigenvalue weighted by Crippen LogP contribution is -2.40. The Morgan fingerprint density at radius 3 is 2.44 bits per heavy atom. The van der Waals surface area contributed by atoms with Crippen molar-refractivity contribution in [1.82, 2.24) is 10.2 Å². The van der Waals surface area contributed by atoms with Gasteiger partial charge in [-0.1, -0.05) is 24.3 Å². The van der Waals surface area contributed by atoms with Crippen LogP contribution in [0.15, 0.2) is 36.4 Å². The van der Waals surface area contributed by atoms with Crippen molar-refractivity contribution in [1.29, 1.82) is 5.41 Å². The Bertz CT molecular complexity index is 1080. The molecule has 1 aliphatic heterocycles. The quantitative estimate of drug-likeness (QED) is 0.340. The van der Waals surface area contributed by atoms with Crippen molar-refractivity contribution in [2.75, 3.05) is 26.8 Å². The predicted octanol–water partition coefficient (Wildman–Crippen LogP) is 2.90. The average molecular weight is 501 g/mol. The number of carbonyl (C=O) groups excluding carboxylic acids is 2. The van der Waals surface area contributed by atoms with Crippen molar-refractivity contribution in [3.63, 3.8) is 0 Å². The molecule has 194 valence electrons. The molecule has 0 radical (unpaired) electrons. The summed E-state index contributed by atoms with van der Waals surface area (Å²) < 4.78 is 32.5. The van der Waals surface area contributed by atoms with E-state index in [1.165, 1.54) is 26.2 Å². The third-order valence-electron chi connectivity index (χ3n) is 6.02. The Kier molecular flexibility index (Phi) is 9.24. The highest BCUT2D eigenvalue weighted by Crippen LogP contribution is 2.34. The van der Waals surface area contributed by atoms with Crippen molar-refractivity contribution in [3.8, 4) is 11.5 Å². The second-order valence-electron chi connectivity index (χ2n) is 8.53. The second kappa shape index (κ2) is 12.3. The van der Waals surface area contributed by atoms with Crippen molar-refractivity contribution >= 4 is 17.6 Å². The van der Waals surface area contributed by atoms with Gasteiger partial charge in [-0.25, -0.2) is 4.39 Å². The summed E-state index contributed by atoms with van der Waals surface area (Å²) in [5, 5.41) is 10.2. The van der Waals surface area contributed by atoms with Gasteiger partial charge in [0.2, 0.25) is 5.91 Å². The van der Waals surface area contributed by atoms with E-state index >= 15 is 4.39 Å². The summed E-state index contributed by atoms with van der Waals surface area (Å²) in [6, 6.07) is 9.79. The van der Waals surface area contributed by atoms with Crippen molar-refractivity contribution in [2.45, 2.75) is 45.4 Å². The number of rotatable bonds is 10. The van der Waals surface area contributed by atoms with Gasteiger partial charge in [0.25, 0.3) is 5.91 Å². The molecule has 3 rings (SSSR count). The van der Waals surface area contributed by atoms with Gasteiger partial charge < -0.3 is 30.2 Å². The van der Waals surface area contributed by atoms with Gasteiger partial charge in [-0.05, 0) is 18.6 Å². The van der Waals surface area contributed by atoms with E-state index in [9.17, 15) is 9.59 Å². The first-order valence-corrected chi connectivity index (χ1v) is 11.9. The van der Waals surface area contributed by atoms with Crippen molar-refractivity contribution in [2.24, 2.45) is 5.73 Å². The number of benzene rings is 2. The van der Waals surface area contributed by atoms with E-state index < -0.39 is 17.8 Å². The number of amidine groups is 1. The van der Waals surface area contributed by atoms with Gasteiger partial charge in [0.15, 0.2) is 17.7 Å². The summed E-state index contributed by atoms with van der Waals surface area (Å²) in [7, 11) is 1.33. The van der Waals surface area contributed by atoms with Crippen LogP contribution in [0.1, 0.15) is 49.5 Å². The molecule has 0 aliphatic carbocycles. The molecule has 0 bridgehead atoms. The van der Waals surface area contributed by atoms with Gasteiger partial charge in [0, 0.05) is 63.7 Å². The number of nitrogens with zero attached hydrogens (tertiary/aromatic N) is 1. The molecule has 36 heavy (non-hydrogen) atoms. The van der Waals surface area contributed by atoms with Crippen LogP contribution < -0.4 is 20.5 Å². The van der Waals surface area contributed by atoms with Crippen LogP contribution in [0.5, 0.6) is 11.5 Å². The first-order chi connectivity index (χ1) is 17.2. The second-order valence-corrected chi connectivity index (χ2v) is 8.53. The number of ether oxygens (including phenoxy) is 3. The van der Waals surface area contributed by atoms with E-state index in [4.69, 9.17) is 25.4 Å². The van der Waals surface area contributed by atoms with Gasteiger partial charge in [-0.2, -0.15) is 0 Å². The Morgan fingerprint density at radius 1 is 1.22 bits per heavy atom. The smallest absolute Gasteiger partial charge is 0.254 e. The predicted molar refractivity (Wildman–Crippen MR) is 133 cm³/mol. The van der Waals surface area contributed by atoms with Gasteiger partial charge in [0.05, 0.1) is 6.61 Å². The number of nitrogens with two attached hydrogens (primary N) is 1. The minimum atomic E-state index is -1.23. The SMILES string of the molecule is CCOc1cc(OC2CCN(C(C)=O)CC2)c(F)c(C(OC)C(=O)NCc2ccc(C(=N)N)cc2)c1. The van der Waals surface area contributed by atoms with E-state index in [0.29, 0.717) is 43.9 Å². The molecule has 2 amide bonds. The number of likely N-dealkylation sites (tertiary alicyclic amines) is 1. The maximum absolute atomic E-state index is 15.6. The molecule has 1 heterocycles. The molecule has 2 aromatic carbocycles. The van der Waals surface area contributed by atoms with Crippen LogP contribution in [0.3, 0.4) is 0 Å². The van der Waals surface area contributed by atoms with E-state index in [-0.39, 0.29) is 35.7 Å². The molecule has 1 aliphatic rings. The Labute approximate surface area is 210 Å². The minimum Gasteiger partial charge on any atom is -0.494 e. The molecule has 1 atom stereocenters. The summed E-state index contributed by atoms with van der Waals surface area (Å²) in [6.45, 7) is 4.93. The summed E-state index contributed by atoms with van der Waals surface area (Å²) in [6.07, 6.45) is -0.357. The highest BCUT2D eigenvalue weighted by Gasteiger charge is 2.29. The lowest BCUT2D eigenvalue weighted by Gasteiger charge is -2.31. The molecule has 0 aromatic heterocycles. The summed E-state index contributed by atoms with van der Waals surface area (Å²) in [5.41, 5.74) is 6.84. The van der Waals surface area contributed by atoms with Gasteiger partial charge in [-0.3, -0.25) is 15.0 Å². The maximum Gasteiger partial charge on any atom is 0.254 e. The number of hydrogen-bond acceptors (Lipinski definition) is 6.